The summed E-state index contributed by atoms with van der Waals surface area (Å²) in [6.45, 7) is 8.14. The first-order valence-electron chi connectivity index (χ1n) is 6.81. The molecule has 1 aromatic rings. The smallest absolute Gasteiger partial charge is 0.0896 e. The lowest BCUT2D eigenvalue weighted by atomic mass is 9.96. The molecule has 18 heavy (non-hydrogen) atoms. The number of nitrogens with zero attached hydrogens (tertiary/aromatic N) is 1. The lowest BCUT2D eigenvalue weighted by Crippen LogP contribution is -2.46. The summed E-state index contributed by atoms with van der Waals surface area (Å²) in [5.41, 5.74) is 2.69. The van der Waals surface area contributed by atoms with Crippen molar-refractivity contribution in [1.29, 1.82) is 0 Å². The molecule has 1 aromatic carbocycles. The van der Waals surface area contributed by atoms with Gasteiger partial charge in [-0.25, -0.2) is 0 Å². The van der Waals surface area contributed by atoms with E-state index in [1.807, 2.05) is 0 Å². The molecule has 0 saturated carbocycles. The molecule has 0 spiro atoms. The molecule has 1 N–H and O–H groups in total. The van der Waals surface area contributed by atoms with Crippen LogP contribution >= 0.6 is 0 Å². The number of hydrogen-bond acceptors (Lipinski definition) is 3. The minimum Gasteiger partial charge on any atom is -0.374 e. The van der Waals surface area contributed by atoms with Gasteiger partial charge in [0.2, 0.25) is 0 Å². The van der Waals surface area contributed by atoms with Crippen molar-refractivity contribution in [2.45, 2.75) is 26.0 Å². The van der Waals surface area contributed by atoms with Crippen molar-refractivity contribution in [1.82, 2.24) is 10.2 Å². The third kappa shape index (κ3) is 3.10. The Morgan fingerprint density at radius 1 is 1.44 bits per heavy atom. The molecule has 0 aliphatic carbocycles. The minimum atomic E-state index is 0.241. The maximum absolute atomic E-state index is 5.97. The van der Waals surface area contributed by atoms with Crippen molar-refractivity contribution in [2.24, 2.45) is 0 Å². The van der Waals surface area contributed by atoms with E-state index in [0.29, 0.717) is 6.04 Å². The zero-order valence-electron chi connectivity index (χ0n) is 11.6. The summed E-state index contributed by atoms with van der Waals surface area (Å²) < 4.78 is 5.97. The van der Waals surface area contributed by atoms with Crippen LogP contribution in [0.3, 0.4) is 0 Å². The van der Waals surface area contributed by atoms with Crippen molar-refractivity contribution in [3.8, 4) is 0 Å². The van der Waals surface area contributed by atoms with E-state index in [9.17, 15) is 0 Å². The largest absolute Gasteiger partial charge is 0.374 e. The van der Waals surface area contributed by atoms with Gasteiger partial charge in [0, 0.05) is 13.1 Å². The van der Waals surface area contributed by atoms with Crippen molar-refractivity contribution in [3.63, 3.8) is 0 Å². The summed E-state index contributed by atoms with van der Waals surface area (Å²) in [5, 5.41) is 3.58. The molecule has 2 atom stereocenters. The summed E-state index contributed by atoms with van der Waals surface area (Å²) in [4.78, 5) is 2.34. The fourth-order valence-corrected chi connectivity index (χ4v) is 2.61. The highest BCUT2D eigenvalue weighted by Gasteiger charge is 2.28. The van der Waals surface area contributed by atoms with E-state index < -0.39 is 0 Å². The highest BCUT2D eigenvalue weighted by Crippen LogP contribution is 2.24. The molecule has 1 aliphatic heterocycles. The van der Waals surface area contributed by atoms with E-state index in [-0.39, 0.29) is 6.10 Å². The van der Waals surface area contributed by atoms with Gasteiger partial charge < -0.3 is 15.0 Å². The van der Waals surface area contributed by atoms with Crippen molar-refractivity contribution in [2.75, 3.05) is 33.3 Å². The van der Waals surface area contributed by atoms with Crippen LogP contribution in [0.4, 0.5) is 0 Å². The fraction of sp³-hybridized carbons (Fsp3) is 0.600. The van der Waals surface area contributed by atoms with E-state index in [2.05, 4.69) is 55.4 Å². The Morgan fingerprint density at radius 2 is 2.22 bits per heavy atom. The van der Waals surface area contributed by atoms with Crippen LogP contribution in [0.2, 0.25) is 0 Å². The van der Waals surface area contributed by atoms with Gasteiger partial charge in [0.15, 0.2) is 0 Å². The van der Waals surface area contributed by atoms with Gasteiger partial charge in [-0.1, -0.05) is 31.2 Å². The van der Waals surface area contributed by atoms with Crippen LogP contribution in [-0.4, -0.2) is 44.3 Å². The number of likely N-dealkylation sites (N-methyl/N-ethyl adjacent to an activating group) is 2. The molecule has 0 aromatic heterocycles. The van der Waals surface area contributed by atoms with Crippen LogP contribution < -0.4 is 5.32 Å². The topological polar surface area (TPSA) is 24.5 Å². The predicted molar refractivity (Wildman–Crippen MR) is 74.8 cm³/mol. The number of rotatable bonds is 4. The second-order valence-corrected chi connectivity index (χ2v) is 5.06. The first-order chi connectivity index (χ1) is 8.72. The molecule has 1 heterocycles. The Hall–Kier alpha value is -0.900. The van der Waals surface area contributed by atoms with Gasteiger partial charge in [0.05, 0.1) is 18.8 Å². The van der Waals surface area contributed by atoms with Gasteiger partial charge in [-0.3, -0.25) is 0 Å². The molecule has 2 unspecified atom stereocenters. The third-order valence-electron chi connectivity index (χ3n) is 3.62. The molecule has 0 amide bonds. The average Bonchev–Trinajstić information content (AvgIpc) is 2.37. The Kier molecular flexibility index (Phi) is 4.75. The van der Waals surface area contributed by atoms with Crippen molar-refractivity contribution in [3.05, 3.63) is 35.4 Å². The van der Waals surface area contributed by atoms with Gasteiger partial charge in [0.1, 0.15) is 0 Å². The molecule has 3 heteroatoms. The molecule has 1 fully saturated rings. The summed E-state index contributed by atoms with van der Waals surface area (Å²) in [7, 11) is 2.16. The molecular weight excluding hydrogens is 224 g/mol. The predicted octanol–water partition coefficient (Wildman–Crippen LogP) is 1.98. The zero-order chi connectivity index (χ0) is 13.0. The number of ether oxygens (including phenoxy) is 1. The summed E-state index contributed by atoms with van der Waals surface area (Å²) in [6, 6.07) is 8.88. The van der Waals surface area contributed by atoms with E-state index in [1.165, 1.54) is 11.1 Å². The lowest BCUT2D eigenvalue weighted by molar-refractivity contribution is -0.0391. The molecule has 0 radical (unpaired) electrons. The summed E-state index contributed by atoms with van der Waals surface area (Å²) in [6.07, 6.45) is 0.241. The normalized spacial score (nSPS) is 22.9. The van der Waals surface area contributed by atoms with E-state index >= 15 is 0 Å². The van der Waals surface area contributed by atoms with Crippen LogP contribution in [0, 0.1) is 6.92 Å². The molecule has 2 rings (SSSR count). The molecule has 1 saturated heterocycles. The number of hydrogen-bond donors (Lipinski definition) is 1. The number of aryl methyl sites for hydroxylation is 1. The van der Waals surface area contributed by atoms with Crippen LogP contribution in [0.5, 0.6) is 0 Å². The van der Waals surface area contributed by atoms with Crippen LogP contribution in [0.1, 0.15) is 24.1 Å². The molecule has 100 valence electrons. The first kappa shape index (κ1) is 13.5. The summed E-state index contributed by atoms with van der Waals surface area (Å²) in [5.74, 6) is 0. The summed E-state index contributed by atoms with van der Waals surface area (Å²) >= 11 is 0. The van der Waals surface area contributed by atoms with Gasteiger partial charge in [-0.2, -0.15) is 0 Å². The Labute approximate surface area is 110 Å². The molecule has 0 bridgehead atoms. The number of benzene rings is 1. The Morgan fingerprint density at radius 3 is 2.89 bits per heavy atom. The van der Waals surface area contributed by atoms with Crippen molar-refractivity contribution < 1.29 is 4.74 Å². The van der Waals surface area contributed by atoms with E-state index in [0.717, 1.165) is 26.2 Å². The standard InChI is InChI=1S/C15H24N2O/c1-4-16-15(13-8-6-5-7-12(13)2)14-11-17(3)9-10-18-14/h5-8,14-16H,4,9-11H2,1-3H3. The number of nitrogens with one attached hydrogen (secondary N) is 1. The van der Waals surface area contributed by atoms with Gasteiger partial charge in [-0.05, 0) is 31.6 Å². The first-order valence-corrected chi connectivity index (χ1v) is 6.81. The lowest BCUT2D eigenvalue weighted by Gasteiger charge is -2.36. The number of morpholine rings is 1. The SMILES string of the molecule is CCNC(c1ccccc1C)C1CN(C)CCO1. The van der Waals surface area contributed by atoms with Gasteiger partial charge in [-0.15, -0.1) is 0 Å². The highest BCUT2D eigenvalue weighted by molar-refractivity contribution is 5.29. The van der Waals surface area contributed by atoms with Gasteiger partial charge in [0.25, 0.3) is 0 Å². The molecular formula is C15H24N2O. The second-order valence-electron chi connectivity index (χ2n) is 5.06. The molecule has 1 aliphatic rings. The van der Waals surface area contributed by atoms with E-state index in [4.69, 9.17) is 4.74 Å². The quantitative estimate of drug-likeness (QED) is 0.882. The van der Waals surface area contributed by atoms with Crippen molar-refractivity contribution >= 4 is 0 Å². The van der Waals surface area contributed by atoms with Gasteiger partial charge >= 0.3 is 0 Å². The third-order valence-corrected chi connectivity index (χ3v) is 3.62. The second kappa shape index (κ2) is 6.32. The fourth-order valence-electron chi connectivity index (χ4n) is 2.61. The monoisotopic (exact) mass is 248 g/mol. The minimum absolute atomic E-state index is 0.241. The van der Waals surface area contributed by atoms with Crippen LogP contribution in [0.15, 0.2) is 24.3 Å². The average molecular weight is 248 g/mol. The highest BCUT2D eigenvalue weighted by atomic mass is 16.5. The maximum atomic E-state index is 5.97. The van der Waals surface area contributed by atoms with Crippen LogP contribution in [0.25, 0.3) is 0 Å². The Bertz CT molecular complexity index is 381. The van der Waals surface area contributed by atoms with E-state index in [1.54, 1.807) is 0 Å². The maximum Gasteiger partial charge on any atom is 0.0896 e. The zero-order valence-corrected chi connectivity index (χ0v) is 11.6. The molecule has 3 nitrogen and oxygen atoms in total. The Balaban J connectivity index is 2.19. The van der Waals surface area contributed by atoms with Crippen LogP contribution in [-0.2, 0) is 4.74 Å².